The summed E-state index contributed by atoms with van der Waals surface area (Å²) in [6.45, 7) is 8.49. The zero-order valence-corrected chi connectivity index (χ0v) is 16.3. The molecule has 0 fully saturated rings. The van der Waals surface area contributed by atoms with Crippen molar-refractivity contribution in [3.8, 4) is 5.75 Å². The van der Waals surface area contributed by atoms with E-state index in [1.165, 1.54) is 0 Å². The molecule has 0 aliphatic carbocycles. The number of amides is 1. The molecule has 2 aromatic carbocycles. The first-order chi connectivity index (χ1) is 12.3. The van der Waals surface area contributed by atoms with E-state index in [9.17, 15) is 4.79 Å². The summed E-state index contributed by atoms with van der Waals surface area (Å²) in [6, 6.07) is 17.6. The Kier molecular flexibility index (Phi) is 6.81. The van der Waals surface area contributed by atoms with Gasteiger partial charge in [-0.25, -0.2) is 0 Å². The summed E-state index contributed by atoms with van der Waals surface area (Å²) in [5.41, 5.74) is 1.96. The Bertz CT molecular complexity index is 707. The van der Waals surface area contributed by atoms with E-state index in [0.29, 0.717) is 6.61 Å². The van der Waals surface area contributed by atoms with Gasteiger partial charge >= 0.3 is 0 Å². The van der Waals surface area contributed by atoms with Crippen LogP contribution in [0.2, 0.25) is 0 Å². The Hall–Kier alpha value is -2.33. The minimum atomic E-state index is -0.547. The number of benzene rings is 2. The van der Waals surface area contributed by atoms with Crippen molar-refractivity contribution in [3.05, 3.63) is 65.7 Å². The molecule has 140 valence electrons. The number of nitrogens with one attached hydrogen (secondary N) is 1. The van der Waals surface area contributed by atoms with Gasteiger partial charge in [-0.05, 0) is 35.6 Å². The maximum atomic E-state index is 12.7. The average molecular weight is 355 g/mol. The molecule has 1 N–H and O–H groups in total. The number of ether oxygens (including phenoxy) is 2. The summed E-state index contributed by atoms with van der Waals surface area (Å²) in [4.78, 5) is 12.7. The van der Waals surface area contributed by atoms with E-state index in [1.54, 1.807) is 14.0 Å². The van der Waals surface area contributed by atoms with Gasteiger partial charge in [-0.1, -0.05) is 63.2 Å². The molecular formula is C22H29NO3. The fourth-order valence-electron chi connectivity index (χ4n) is 2.76. The molecule has 0 aliphatic heterocycles. The van der Waals surface area contributed by atoms with Crippen molar-refractivity contribution < 1.29 is 14.3 Å². The van der Waals surface area contributed by atoms with Gasteiger partial charge in [0.2, 0.25) is 5.91 Å². The van der Waals surface area contributed by atoms with Crippen LogP contribution < -0.4 is 10.1 Å². The molecule has 2 atom stereocenters. The largest absolute Gasteiger partial charge is 0.497 e. The molecule has 4 heteroatoms. The van der Waals surface area contributed by atoms with E-state index in [0.717, 1.165) is 16.9 Å². The summed E-state index contributed by atoms with van der Waals surface area (Å²) in [5, 5.41) is 3.14. The van der Waals surface area contributed by atoms with E-state index in [1.807, 2.05) is 54.6 Å². The Morgan fingerprint density at radius 1 is 1.08 bits per heavy atom. The highest BCUT2D eigenvalue weighted by Crippen LogP contribution is 2.32. The van der Waals surface area contributed by atoms with Crippen LogP contribution in [0.1, 0.15) is 44.9 Å². The van der Waals surface area contributed by atoms with Crippen LogP contribution in [0.4, 0.5) is 0 Å². The second-order valence-corrected chi connectivity index (χ2v) is 7.52. The van der Waals surface area contributed by atoms with Crippen LogP contribution in [0.25, 0.3) is 0 Å². The summed E-state index contributed by atoms with van der Waals surface area (Å²) < 4.78 is 11.0. The van der Waals surface area contributed by atoms with Gasteiger partial charge in [0, 0.05) is 0 Å². The van der Waals surface area contributed by atoms with E-state index >= 15 is 0 Å². The van der Waals surface area contributed by atoms with Crippen molar-refractivity contribution >= 4 is 5.91 Å². The Labute approximate surface area is 156 Å². The normalized spacial score (nSPS) is 13.7. The third-order valence-corrected chi connectivity index (χ3v) is 4.29. The van der Waals surface area contributed by atoms with Crippen molar-refractivity contribution in [3.63, 3.8) is 0 Å². The van der Waals surface area contributed by atoms with Gasteiger partial charge in [-0.3, -0.25) is 4.79 Å². The molecule has 0 radical (unpaired) electrons. The van der Waals surface area contributed by atoms with Crippen LogP contribution in [0, 0.1) is 5.41 Å². The molecule has 26 heavy (non-hydrogen) atoms. The van der Waals surface area contributed by atoms with Gasteiger partial charge < -0.3 is 14.8 Å². The Balaban J connectivity index is 1.99. The lowest BCUT2D eigenvalue weighted by Crippen LogP contribution is -2.41. The smallest absolute Gasteiger partial charge is 0.249 e. The van der Waals surface area contributed by atoms with Crippen molar-refractivity contribution in [1.82, 2.24) is 5.32 Å². The lowest BCUT2D eigenvalue weighted by molar-refractivity contribution is -0.134. The fourth-order valence-corrected chi connectivity index (χ4v) is 2.76. The number of hydrogen-bond donors (Lipinski definition) is 1. The third kappa shape index (κ3) is 5.60. The summed E-state index contributed by atoms with van der Waals surface area (Å²) in [7, 11) is 1.63. The van der Waals surface area contributed by atoms with E-state index < -0.39 is 6.10 Å². The van der Waals surface area contributed by atoms with Gasteiger partial charge in [-0.15, -0.1) is 0 Å². The number of rotatable bonds is 7. The van der Waals surface area contributed by atoms with E-state index in [4.69, 9.17) is 9.47 Å². The molecule has 0 heterocycles. The second-order valence-electron chi connectivity index (χ2n) is 7.52. The molecular weight excluding hydrogens is 326 g/mol. The Morgan fingerprint density at radius 3 is 2.38 bits per heavy atom. The molecule has 2 unspecified atom stereocenters. The van der Waals surface area contributed by atoms with E-state index in [-0.39, 0.29) is 17.4 Å². The van der Waals surface area contributed by atoms with Gasteiger partial charge in [0.15, 0.2) is 0 Å². The van der Waals surface area contributed by atoms with Gasteiger partial charge in [-0.2, -0.15) is 0 Å². The first kappa shape index (κ1) is 20.0. The van der Waals surface area contributed by atoms with Crippen molar-refractivity contribution in [2.45, 2.75) is 46.4 Å². The maximum Gasteiger partial charge on any atom is 0.249 e. The van der Waals surface area contributed by atoms with E-state index in [2.05, 4.69) is 26.1 Å². The number of carbonyl (C=O) groups excluding carboxylic acids is 1. The maximum absolute atomic E-state index is 12.7. The molecule has 0 saturated heterocycles. The third-order valence-electron chi connectivity index (χ3n) is 4.29. The molecule has 1 amide bonds. The molecule has 0 aromatic heterocycles. The lowest BCUT2D eigenvalue weighted by atomic mass is 9.82. The quantitative estimate of drug-likeness (QED) is 0.795. The highest BCUT2D eigenvalue weighted by atomic mass is 16.5. The summed E-state index contributed by atoms with van der Waals surface area (Å²) in [5.74, 6) is 0.664. The predicted molar refractivity (Wildman–Crippen MR) is 104 cm³/mol. The SMILES string of the molecule is COc1cccc(COC(C)C(=O)NC(c2ccccc2)C(C)(C)C)c1. The monoisotopic (exact) mass is 355 g/mol. The summed E-state index contributed by atoms with van der Waals surface area (Å²) in [6.07, 6.45) is -0.547. The van der Waals surface area contributed by atoms with Crippen molar-refractivity contribution in [2.24, 2.45) is 5.41 Å². The minimum absolute atomic E-state index is 0.0842. The first-order valence-electron chi connectivity index (χ1n) is 8.91. The zero-order chi connectivity index (χ0) is 19.2. The van der Waals surface area contributed by atoms with Crippen LogP contribution in [0.3, 0.4) is 0 Å². The Morgan fingerprint density at radius 2 is 1.77 bits per heavy atom. The molecule has 0 aliphatic rings. The number of methoxy groups -OCH3 is 1. The van der Waals surface area contributed by atoms with Crippen LogP contribution >= 0.6 is 0 Å². The van der Waals surface area contributed by atoms with Crippen molar-refractivity contribution in [2.75, 3.05) is 7.11 Å². The first-order valence-corrected chi connectivity index (χ1v) is 8.91. The second kappa shape index (κ2) is 8.86. The zero-order valence-electron chi connectivity index (χ0n) is 16.3. The van der Waals surface area contributed by atoms with Gasteiger partial charge in [0.05, 0.1) is 19.8 Å². The van der Waals surface area contributed by atoms with Gasteiger partial charge in [0.1, 0.15) is 11.9 Å². The average Bonchev–Trinajstić information content (AvgIpc) is 2.63. The standard InChI is InChI=1S/C22H29NO3/c1-16(26-15-17-10-9-13-19(14-17)25-5)21(24)23-20(22(2,3)4)18-11-7-6-8-12-18/h6-14,16,20H,15H2,1-5H3,(H,23,24). The van der Waals surface area contributed by atoms with Crippen molar-refractivity contribution in [1.29, 1.82) is 0 Å². The molecule has 0 spiro atoms. The molecule has 2 rings (SSSR count). The fraction of sp³-hybridized carbons (Fsp3) is 0.409. The summed E-state index contributed by atoms with van der Waals surface area (Å²) >= 11 is 0. The lowest BCUT2D eigenvalue weighted by Gasteiger charge is -2.32. The minimum Gasteiger partial charge on any atom is -0.497 e. The predicted octanol–water partition coefficient (Wildman–Crippen LogP) is 4.50. The molecule has 0 saturated carbocycles. The molecule has 2 aromatic rings. The molecule has 4 nitrogen and oxygen atoms in total. The topological polar surface area (TPSA) is 47.6 Å². The highest BCUT2D eigenvalue weighted by Gasteiger charge is 2.29. The van der Waals surface area contributed by atoms with Gasteiger partial charge in [0.25, 0.3) is 0 Å². The number of carbonyl (C=O) groups is 1. The molecule has 0 bridgehead atoms. The van der Waals surface area contributed by atoms with Crippen LogP contribution in [-0.4, -0.2) is 19.1 Å². The van der Waals surface area contributed by atoms with Crippen LogP contribution in [0.5, 0.6) is 5.75 Å². The number of hydrogen-bond acceptors (Lipinski definition) is 3. The van der Waals surface area contributed by atoms with Crippen LogP contribution in [0.15, 0.2) is 54.6 Å². The van der Waals surface area contributed by atoms with Crippen LogP contribution in [-0.2, 0) is 16.1 Å². The highest BCUT2D eigenvalue weighted by molar-refractivity contribution is 5.80.